The van der Waals surface area contributed by atoms with Crippen molar-refractivity contribution < 1.29 is 9.53 Å². The third-order valence-electron chi connectivity index (χ3n) is 3.50. The Morgan fingerprint density at radius 1 is 1.33 bits per heavy atom. The highest BCUT2D eigenvalue weighted by Crippen LogP contribution is 2.19. The first-order valence-electron chi connectivity index (χ1n) is 7.16. The number of hydrogen-bond donors (Lipinski definition) is 0. The number of likely N-dealkylation sites (tertiary alicyclic amines) is 1. The lowest BCUT2D eigenvalue weighted by atomic mass is 10.0. The first-order valence-corrected chi connectivity index (χ1v) is 8.56. The van der Waals surface area contributed by atoms with Gasteiger partial charge in [0.25, 0.3) is 0 Å². The van der Waals surface area contributed by atoms with Crippen molar-refractivity contribution in [3.05, 3.63) is 0 Å². The molecular weight excluding hydrogens is 246 g/mol. The number of rotatable bonds is 8. The summed E-state index contributed by atoms with van der Waals surface area (Å²) in [6.07, 6.45) is 8.93. The van der Waals surface area contributed by atoms with Crippen molar-refractivity contribution >= 4 is 17.7 Å². The van der Waals surface area contributed by atoms with Crippen LogP contribution in [0.1, 0.15) is 45.4 Å². The quantitative estimate of drug-likeness (QED) is 0.502. The van der Waals surface area contributed by atoms with Crippen LogP contribution in [0, 0.1) is 0 Å². The van der Waals surface area contributed by atoms with E-state index >= 15 is 0 Å². The fourth-order valence-corrected chi connectivity index (χ4v) is 3.03. The first-order chi connectivity index (χ1) is 8.77. The van der Waals surface area contributed by atoms with Crippen LogP contribution in [-0.2, 0) is 9.53 Å². The van der Waals surface area contributed by atoms with Crippen LogP contribution in [0.2, 0.25) is 0 Å². The molecule has 0 aliphatic carbocycles. The highest BCUT2D eigenvalue weighted by atomic mass is 32.2. The average Bonchev–Trinajstić information content (AvgIpc) is 2.39. The predicted molar refractivity (Wildman–Crippen MR) is 78.1 cm³/mol. The summed E-state index contributed by atoms with van der Waals surface area (Å²) < 4.78 is 5.10. The number of thioether (sulfide) groups is 1. The number of piperidine rings is 1. The number of ether oxygens (including phenoxy) is 1. The highest BCUT2D eigenvalue weighted by Gasteiger charge is 2.23. The van der Waals surface area contributed by atoms with Gasteiger partial charge in [-0.05, 0) is 57.7 Å². The fourth-order valence-electron chi connectivity index (χ4n) is 2.57. The van der Waals surface area contributed by atoms with E-state index in [0.29, 0.717) is 19.1 Å². The summed E-state index contributed by atoms with van der Waals surface area (Å²) in [5.74, 6) is 1.16. The summed E-state index contributed by atoms with van der Waals surface area (Å²) in [5, 5.41) is 0. The molecular formula is C14H27NO2S. The summed E-state index contributed by atoms with van der Waals surface area (Å²) >= 11 is 1.88. The number of nitrogens with zero attached hydrogens (tertiary/aromatic N) is 1. The van der Waals surface area contributed by atoms with Crippen LogP contribution in [0.15, 0.2) is 0 Å². The van der Waals surface area contributed by atoms with Gasteiger partial charge in [-0.15, -0.1) is 0 Å². The Bertz CT molecular complexity index is 230. The van der Waals surface area contributed by atoms with Crippen LogP contribution < -0.4 is 0 Å². The van der Waals surface area contributed by atoms with Gasteiger partial charge in [-0.1, -0.05) is 6.42 Å². The van der Waals surface area contributed by atoms with E-state index in [1.807, 2.05) is 18.7 Å². The summed E-state index contributed by atoms with van der Waals surface area (Å²) in [7, 11) is 0. The highest BCUT2D eigenvalue weighted by molar-refractivity contribution is 7.98. The molecule has 106 valence electrons. The van der Waals surface area contributed by atoms with Crippen LogP contribution >= 0.6 is 11.8 Å². The van der Waals surface area contributed by atoms with Crippen LogP contribution in [0.5, 0.6) is 0 Å². The summed E-state index contributed by atoms with van der Waals surface area (Å²) in [5.41, 5.74) is 0. The molecule has 0 N–H and O–H groups in total. The van der Waals surface area contributed by atoms with Crippen LogP contribution in [0.4, 0.5) is 0 Å². The maximum absolute atomic E-state index is 11.7. The number of hydrogen-bond acceptors (Lipinski definition) is 4. The molecule has 1 atom stereocenters. The molecule has 1 fully saturated rings. The van der Waals surface area contributed by atoms with Gasteiger partial charge in [0.1, 0.15) is 0 Å². The fraction of sp³-hybridized carbons (Fsp3) is 0.929. The molecule has 1 aliphatic heterocycles. The third kappa shape index (κ3) is 6.10. The Kier molecular flexibility index (Phi) is 8.51. The minimum Gasteiger partial charge on any atom is -0.466 e. The van der Waals surface area contributed by atoms with Gasteiger partial charge < -0.3 is 4.74 Å². The molecule has 0 radical (unpaired) electrons. The molecule has 0 aromatic heterocycles. The lowest BCUT2D eigenvalue weighted by molar-refractivity contribution is -0.144. The second-order valence-electron chi connectivity index (χ2n) is 4.89. The van der Waals surface area contributed by atoms with Crippen LogP contribution in [0.3, 0.4) is 0 Å². The summed E-state index contributed by atoms with van der Waals surface area (Å²) in [4.78, 5) is 14.2. The van der Waals surface area contributed by atoms with Crippen molar-refractivity contribution in [2.75, 3.05) is 31.7 Å². The van der Waals surface area contributed by atoms with Gasteiger partial charge in [0.15, 0.2) is 0 Å². The van der Waals surface area contributed by atoms with E-state index < -0.39 is 0 Å². The molecule has 0 saturated carbocycles. The Morgan fingerprint density at radius 2 is 2.06 bits per heavy atom. The molecule has 1 saturated heterocycles. The first kappa shape index (κ1) is 15.8. The minimum atomic E-state index is -0.0303. The van der Waals surface area contributed by atoms with Crippen molar-refractivity contribution in [3.8, 4) is 0 Å². The van der Waals surface area contributed by atoms with Crippen molar-refractivity contribution in [1.29, 1.82) is 0 Å². The normalized spacial score (nSPS) is 18.6. The van der Waals surface area contributed by atoms with Gasteiger partial charge >= 0.3 is 5.97 Å². The van der Waals surface area contributed by atoms with Gasteiger partial charge in [0, 0.05) is 6.04 Å². The maximum Gasteiger partial charge on any atom is 0.307 e. The molecule has 1 heterocycles. The Hall–Kier alpha value is -0.220. The van der Waals surface area contributed by atoms with E-state index in [4.69, 9.17) is 4.74 Å². The van der Waals surface area contributed by atoms with Gasteiger partial charge in [-0.2, -0.15) is 11.8 Å². The standard InChI is InChI=1S/C14H27NO2S/c1-3-17-14(16)12-13(8-7-11-18-2)15-9-5-4-6-10-15/h13H,3-12H2,1-2H3. The molecule has 0 aromatic rings. The average molecular weight is 273 g/mol. The van der Waals surface area contributed by atoms with Crippen molar-refractivity contribution in [1.82, 2.24) is 4.90 Å². The van der Waals surface area contributed by atoms with E-state index in [2.05, 4.69) is 11.2 Å². The molecule has 0 amide bonds. The minimum absolute atomic E-state index is 0.0303. The smallest absolute Gasteiger partial charge is 0.307 e. The van der Waals surface area contributed by atoms with Crippen molar-refractivity contribution in [2.45, 2.75) is 51.5 Å². The second-order valence-corrected chi connectivity index (χ2v) is 5.88. The molecule has 1 aliphatic rings. The summed E-state index contributed by atoms with van der Waals surface area (Å²) in [6, 6.07) is 0.400. The van der Waals surface area contributed by atoms with Crippen LogP contribution in [-0.4, -0.2) is 48.6 Å². The van der Waals surface area contributed by atoms with E-state index in [-0.39, 0.29) is 5.97 Å². The zero-order valence-electron chi connectivity index (χ0n) is 11.8. The van der Waals surface area contributed by atoms with Gasteiger partial charge in [0.2, 0.25) is 0 Å². The molecule has 1 unspecified atom stereocenters. The second kappa shape index (κ2) is 9.68. The van der Waals surface area contributed by atoms with Gasteiger partial charge in [0.05, 0.1) is 13.0 Å². The van der Waals surface area contributed by atoms with Gasteiger partial charge in [-0.3, -0.25) is 9.69 Å². The molecule has 1 rings (SSSR count). The van der Waals surface area contributed by atoms with E-state index in [9.17, 15) is 4.79 Å². The van der Waals surface area contributed by atoms with E-state index in [1.54, 1.807) is 0 Å². The Morgan fingerprint density at radius 3 is 2.67 bits per heavy atom. The van der Waals surface area contributed by atoms with E-state index in [1.165, 1.54) is 31.4 Å². The molecule has 18 heavy (non-hydrogen) atoms. The molecule has 0 spiro atoms. The van der Waals surface area contributed by atoms with E-state index in [0.717, 1.165) is 19.5 Å². The molecule has 0 aromatic carbocycles. The number of carbonyl (C=O) groups is 1. The lowest BCUT2D eigenvalue weighted by Crippen LogP contribution is -2.40. The third-order valence-corrected chi connectivity index (χ3v) is 4.20. The molecule has 4 heteroatoms. The summed E-state index contributed by atoms with van der Waals surface area (Å²) in [6.45, 7) is 4.69. The Labute approximate surface area is 116 Å². The predicted octanol–water partition coefficient (Wildman–Crippen LogP) is 2.94. The largest absolute Gasteiger partial charge is 0.466 e. The lowest BCUT2D eigenvalue weighted by Gasteiger charge is -2.34. The monoisotopic (exact) mass is 273 g/mol. The number of carbonyl (C=O) groups excluding carboxylic acids is 1. The molecule has 0 bridgehead atoms. The maximum atomic E-state index is 11.7. The van der Waals surface area contributed by atoms with Crippen molar-refractivity contribution in [3.63, 3.8) is 0 Å². The zero-order valence-corrected chi connectivity index (χ0v) is 12.6. The Balaban J connectivity index is 2.41. The van der Waals surface area contributed by atoms with Crippen molar-refractivity contribution in [2.24, 2.45) is 0 Å². The van der Waals surface area contributed by atoms with Gasteiger partial charge in [-0.25, -0.2) is 0 Å². The topological polar surface area (TPSA) is 29.5 Å². The van der Waals surface area contributed by atoms with Crippen LogP contribution in [0.25, 0.3) is 0 Å². The zero-order chi connectivity index (χ0) is 13.2. The number of esters is 1. The SMILES string of the molecule is CCOC(=O)CC(CCCSC)N1CCCCC1. The molecule has 3 nitrogen and oxygen atoms in total.